The summed E-state index contributed by atoms with van der Waals surface area (Å²) in [7, 11) is -2.33. The van der Waals surface area contributed by atoms with E-state index in [4.69, 9.17) is 11.6 Å². The quantitative estimate of drug-likeness (QED) is 0.662. The Morgan fingerprint density at radius 1 is 1.10 bits per heavy atom. The Hall–Kier alpha value is -1.45. The number of piperidine rings is 1. The van der Waals surface area contributed by atoms with Crippen molar-refractivity contribution in [3.8, 4) is 0 Å². The monoisotopic (exact) mass is 455 g/mol. The Morgan fingerprint density at radius 3 is 2.38 bits per heavy atom. The molecule has 1 fully saturated rings. The molecule has 0 aliphatic carbocycles. The van der Waals surface area contributed by atoms with Gasteiger partial charge in [-0.25, -0.2) is 8.42 Å². The molecule has 2 heterocycles. The van der Waals surface area contributed by atoms with Crippen LogP contribution in [-0.4, -0.2) is 50.2 Å². The van der Waals surface area contributed by atoms with Crippen LogP contribution in [0.2, 0.25) is 4.34 Å². The number of halogens is 1. The van der Waals surface area contributed by atoms with Gasteiger partial charge in [0.05, 0.1) is 10.9 Å². The van der Waals surface area contributed by atoms with E-state index in [2.05, 4.69) is 22.3 Å². The Balaban J connectivity index is 1.47. The predicted octanol–water partition coefficient (Wildman–Crippen LogP) is 3.32. The molecule has 0 unspecified atom stereocenters. The van der Waals surface area contributed by atoms with Crippen molar-refractivity contribution in [3.63, 3.8) is 0 Å². The normalized spacial score (nSPS) is 15.6. The molecule has 0 spiro atoms. The third-order valence-electron chi connectivity index (χ3n) is 4.95. The Kier molecular flexibility index (Phi) is 7.70. The second-order valence-electron chi connectivity index (χ2n) is 7.25. The maximum Gasteiger partial charge on any atom is 0.252 e. The lowest BCUT2D eigenvalue weighted by molar-refractivity contribution is -0.121. The average molecular weight is 456 g/mol. The topological polar surface area (TPSA) is 69.7 Å². The van der Waals surface area contributed by atoms with Gasteiger partial charge in [0.25, 0.3) is 10.0 Å². The second-order valence-corrected chi connectivity index (χ2v) is 11.2. The predicted molar refractivity (Wildman–Crippen MR) is 117 cm³/mol. The first-order valence-electron chi connectivity index (χ1n) is 9.63. The summed E-state index contributed by atoms with van der Waals surface area (Å²) in [4.78, 5) is 14.7. The number of amides is 1. The van der Waals surface area contributed by atoms with Crippen molar-refractivity contribution in [3.05, 3.63) is 51.9 Å². The molecule has 1 N–H and O–H groups in total. The molecule has 1 aromatic carbocycles. The maximum atomic E-state index is 12.4. The summed E-state index contributed by atoms with van der Waals surface area (Å²) in [5.74, 6) is -0.351. The average Bonchev–Trinajstić information content (AvgIpc) is 3.15. The lowest BCUT2D eigenvalue weighted by atomic mass is 10.1. The number of rotatable bonds is 8. The van der Waals surface area contributed by atoms with E-state index < -0.39 is 10.0 Å². The number of nitrogens with zero attached hydrogens (tertiary/aromatic N) is 2. The van der Waals surface area contributed by atoms with Crippen LogP contribution in [0.25, 0.3) is 0 Å². The fourth-order valence-corrected chi connectivity index (χ4v) is 6.09. The van der Waals surface area contributed by atoms with Crippen LogP contribution in [0.1, 0.15) is 30.4 Å². The van der Waals surface area contributed by atoms with Crippen molar-refractivity contribution in [2.75, 3.05) is 26.7 Å². The molecular weight excluding hydrogens is 430 g/mol. The highest BCUT2D eigenvalue weighted by molar-refractivity contribution is 7.91. The van der Waals surface area contributed by atoms with Crippen LogP contribution in [0.3, 0.4) is 0 Å². The van der Waals surface area contributed by atoms with Gasteiger partial charge in [-0.05, 0) is 49.2 Å². The lowest BCUT2D eigenvalue weighted by Gasteiger charge is -2.26. The molecule has 2 aromatic rings. The fraction of sp³-hybridized carbons (Fsp3) is 0.450. The molecule has 0 radical (unpaired) electrons. The summed E-state index contributed by atoms with van der Waals surface area (Å²) in [6.07, 6.45) is 3.87. The van der Waals surface area contributed by atoms with Gasteiger partial charge in [0.2, 0.25) is 5.91 Å². The van der Waals surface area contributed by atoms with Crippen molar-refractivity contribution in [1.29, 1.82) is 0 Å². The number of hydrogen-bond donors (Lipinski definition) is 1. The molecule has 9 heteroatoms. The molecule has 0 bridgehead atoms. The molecule has 1 saturated heterocycles. The Morgan fingerprint density at radius 2 is 1.76 bits per heavy atom. The fourth-order valence-electron chi connectivity index (χ4n) is 3.27. The second kappa shape index (κ2) is 10.0. The van der Waals surface area contributed by atoms with Gasteiger partial charge in [-0.1, -0.05) is 42.3 Å². The molecule has 29 heavy (non-hydrogen) atoms. The zero-order chi connectivity index (χ0) is 20.9. The lowest BCUT2D eigenvalue weighted by Crippen LogP contribution is -2.37. The molecule has 3 rings (SSSR count). The molecule has 1 aliphatic rings. The number of likely N-dealkylation sites (N-methyl/N-ethyl adjacent to an activating group) is 1. The van der Waals surface area contributed by atoms with Crippen LogP contribution < -0.4 is 5.32 Å². The molecule has 1 aliphatic heterocycles. The summed E-state index contributed by atoms with van der Waals surface area (Å²) >= 11 is 6.79. The van der Waals surface area contributed by atoms with Crippen LogP contribution in [-0.2, 0) is 27.9 Å². The van der Waals surface area contributed by atoms with E-state index in [0.717, 1.165) is 40.8 Å². The molecule has 0 atom stereocenters. The van der Waals surface area contributed by atoms with Crippen LogP contribution in [0.15, 0.2) is 40.6 Å². The van der Waals surface area contributed by atoms with Gasteiger partial charge in [-0.2, -0.15) is 4.31 Å². The third kappa shape index (κ3) is 6.26. The van der Waals surface area contributed by atoms with Gasteiger partial charge in [-0.3, -0.25) is 9.69 Å². The molecule has 0 saturated carbocycles. The van der Waals surface area contributed by atoms with Crippen molar-refractivity contribution in [2.24, 2.45) is 0 Å². The number of sulfonamides is 1. The zero-order valence-corrected chi connectivity index (χ0v) is 18.8. The number of benzene rings is 1. The summed E-state index contributed by atoms with van der Waals surface area (Å²) in [5.41, 5.74) is 2.25. The highest BCUT2D eigenvalue weighted by Gasteiger charge is 2.24. The van der Waals surface area contributed by atoms with Crippen LogP contribution in [0.5, 0.6) is 0 Å². The van der Waals surface area contributed by atoms with E-state index in [-0.39, 0.29) is 16.7 Å². The minimum atomic E-state index is -3.71. The number of nitrogens with one attached hydrogen (secondary N) is 1. The van der Waals surface area contributed by atoms with E-state index in [1.807, 2.05) is 12.1 Å². The Bertz CT molecular complexity index is 923. The summed E-state index contributed by atoms with van der Waals surface area (Å²) in [6, 6.07) is 11.2. The van der Waals surface area contributed by atoms with Crippen molar-refractivity contribution in [1.82, 2.24) is 14.5 Å². The zero-order valence-electron chi connectivity index (χ0n) is 16.4. The number of likely N-dealkylation sites (tertiary alicyclic amines) is 1. The number of hydrogen-bond acceptors (Lipinski definition) is 5. The van der Waals surface area contributed by atoms with Gasteiger partial charge < -0.3 is 5.32 Å². The van der Waals surface area contributed by atoms with Gasteiger partial charge in [0.1, 0.15) is 4.21 Å². The van der Waals surface area contributed by atoms with Crippen molar-refractivity contribution >= 4 is 38.9 Å². The molecule has 1 amide bonds. The first-order valence-corrected chi connectivity index (χ1v) is 12.3. The molecule has 6 nitrogen and oxygen atoms in total. The summed E-state index contributed by atoms with van der Waals surface area (Å²) in [6.45, 7) is 3.40. The number of carbonyl (C=O) groups is 1. The molecular formula is C20H26ClN3O3S2. The highest BCUT2D eigenvalue weighted by atomic mass is 35.5. The maximum absolute atomic E-state index is 12.4. The van der Waals surface area contributed by atoms with Crippen LogP contribution in [0.4, 0.5) is 0 Å². The SMILES string of the molecule is CN(CC(=O)NCc1ccc(CN2CCCCC2)cc1)S(=O)(=O)c1ccc(Cl)s1. The number of carbonyl (C=O) groups excluding carboxylic acids is 1. The first kappa shape index (κ1) is 22.2. The Labute approximate surface area is 181 Å². The highest BCUT2D eigenvalue weighted by Crippen LogP contribution is 2.27. The van der Waals surface area contributed by atoms with Gasteiger partial charge >= 0.3 is 0 Å². The van der Waals surface area contributed by atoms with E-state index in [1.54, 1.807) is 0 Å². The minimum Gasteiger partial charge on any atom is -0.351 e. The largest absolute Gasteiger partial charge is 0.351 e. The third-order valence-corrected chi connectivity index (χ3v) is 8.45. The van der Waals surface area contributed by atoms with Crippen LogP contribution >= 0.6 is 22.9 Å². The van der Waals surface area contributed by atoms with Crippen molar-refractivity contribution < 1.29 is 13.2 Å². The van der Waals surface area contributed by atoms with Gasteiger partial charge in [-0.15, -0.1) is 11.3 Å². The van der Waals surface area contributed by atoms with Crippen LogP contribution in [0, 0.1) is 0 Å². The van der Waals surface area contributed by atoms with Gasteiger partial charge in [0, 0.05) is 20.1 Å². The molecule has 1 aromatic heterocycles. The first-order chi connectivity index (χ1) is 13.8. The summed E-state index contributed by atoms with van der Waals surface area (Å²) in [5, 5.41) is 2.78. The minimum absolute atomic E-state index is 0.127. The van der Waals surface area contributed by atoms with E-state index >= 15 is 0 Å². The van der Waals surface area contributed by atoms with E-state index in [0.29, 0.717) is 10.9 Å². The van der Waals surface area contributed by atoms with Crippen molar-refractivity contribution in [2.45, 2.75) is 36.6 Å². The molecule has 158 valence electrons. The van der Waals surface area contributed by atoms with E-state index in [1.165, 1.54) is 44.0 Å². The van der Waals surface area contributed by atoms with Gasteiger partial charge in [0.15, 0.2) is 0 Å². The van der Waals surface area contributed by atoms with E-state index in [9.17, 15) is 13.2 Å². The standard InChI is InChI=1S/C20H26ClN3O3S2/c1-23(29(26,27)20-10-9-18(21)28-20)15-19(25)22-13-16-5-7-17(8-6-16)14-24-11-3-2-4-12-24/h5-10H,2-4,11-15H2,1H3,(H,22,25). The smallest absolute Gasteiger partial charge is 0.252 e. The summed E-state index contributed by atoms with van der Waals surface area (Å²) < 4.78 is 26.5. The number of thiophene rings is 1.